The lowest BCUT2D eigenvalue weighted by Gasteiger charge is -2.24. The van der Waals surface area contributed by atoms with E-state index in [1.54, 1.807) is 24.7 Å². The summed E-state index contributed by atoms with van der Waals surface area (Å²) in [6, 6.07) is 23.8. The maximum Gasteiger partial charge on any atom is 0.322 e. The maximum atomic E-state index is 13.3. The molecule has 0 bridgehead atoms. The second-order valence-corrected chi connectivity index (χ2v) is 9.64. The number of carbonyl (C=O) groups is 1. The lowest BCUT2D eigenvalue weighted by Crippen LogP contribution is -2.40. The molecule has 0 aliphatic heterocycles. The number of pyridine rings is 1. The predicted molar refractivity (Wildman–Crippen MR) is 159 cm³/mol. The van der Waals surface area contributed by atoms with Gasteiger partial charge in [-0.15, -0.1) is 0 Å². The van der Waals surface area contributed by atoms with Crippen molar-refractivity contribution in [2.45, 2.75) is 51.6 Å². The van der Waals surface area contributed by atoms with Crippen LogP contribution in [0, 0.1) is 11.3 Å². The second kappa shape index (κ2) is 15.0. The molecule has 0 fully saturated rings. The van der Waals surface area contributed by atoms with Gasteiger partial charge in [0.1, 0.15) is 18.2 Å². The normalized spacial score (nSPS) is 11.3. The van der Waals surface area contributed by atoms with Crippen molar-refractivity contribution in [3.63, 3.8) is 0 Å². The van der Waals surface area contributed by atoms with Crippen molar-refractivity contribution in [2.75, 3.05) is 16.8 Å². The molecule has 204 valence electrons. The highest BCUT2D eigenvalue weighted by atomic mass is 16.2. The molecule has 2 amide bonds. The number of unbranched alkanes of at least 4 members (excludes halogenated alkanes) is 1. The van der Waals surface area contributed by atoms with Crippen LogP contribution in [0.5, 0.6) is 0 Å². The van der Waals surface area contributed by atoms with Crippen molar-refractivity contribution < 1.29 is 4.79 Å². The Bertz CT molecular complexity index is 1350. The second-order valence-electron chi connectivity index (χ2n) is 9.64. The summed E-state index contributed by atoms with van der Waals surface area (Å²) >= 11 is 0. The molecule has 2 N–H and O–H groups in total. The molecule has 2 heterocycles. The van der Waals surface area contributed by atoms with Crippen molar-refractivity contribution in [2.24, 2.45) is 0 Å². The lowest BCUT2D eigenvalue weighted by atomic mass is 10.0. The van der Waals surface area contributed by atoms with Gasteiger partial charge in [-0.1, -0.05) is 55.8 Å². The molecule has 0 spiro atoms. The Morgan fingerprint density at radius 1 is 0.925 bits per heavy atom. The van der Waals surface area contributed by atoms with Gasteiger partial charge in [-0.2, -0.15) is 5.26 Å². The SMILES string of the molecule is CCC[C@@H](CCCCN(C(=O)NCc1ccccc1)c1ccc(-c2cncnc2)cc1)Nc1ccc(C#N)cn1. The summed E-state index contributed by atoms with van der Waals surface area (Å²) in [6.45, 7) is 3.24. The number of nitrogens with one attached hydrogen (secondary N) is 2. The van der Waals surface area contributed by atoms with Gasteiger partial charge in [0.2, 0.25) is 0 Å². The van der Waals surface area contributed by atoms with Gasteiger partial charge in [0.25, 0.3) is 0 Å². The summed E-state index contributed by atoms with van der Waals surface area (Å²) in [7, 11) is 0. The van der Waals surface area contributed by atoms with E-state index >= 15 is 0 Å². The smallest absolute Gasteiger partial charge is 0.322 e. The fourth-order valence-corrected chi connectivity index (χ4v) is 4.55. The minimum absolute atomic E-state index is 0.121. The summed E-state index contributed by atoms with van der Waals surface area (Å²) in [6.07, 6.45) is 11.5. The van der Waals surface area contributed by atoms with Gasteiger partial charge in [-0.25, -0.2) is 19.7 Å². The standard InChI is InChI=1S/C32H35N7O/c1-2-8-29(38-31-17-12-26(19-33)21-36-31)11-6-7-18-39(32(40)37-20-25-9-4-3-5-10-25)30-15-13-27(14-16-30)28-22-34-24-35-23-28/h3-5,9-10,12-17,21-24,29H,2,6-8,11,18,20H2,1H3,(H,36,38)(H,37,40)/t29-/m0/s1. The third kappa shape index (κ3) is 8.37. The maximum absolute atomic E-state index is 13.3. The number of hydrogen-bond donors (Lipinski definition) is 2. The molecule has 4 rings (SSSR count). The van der Waals surface area contributed by atoms with Crippen molar-refractivity contribution in [3.8, 4) is 17.2 Å². The van der Waals surface area contributed by atoms with E-state index in [4.69, 9.17) is 5.26 Å². The average Bonchev–Trinajstić information content (AvgIpc) is 3.01. The van der Waals surface area contributed by atoms with Crippen LogP contribution in [-0.2, 0) is 6.54 Å². The third-order valence-electron chi connectivity index (χ3n) is 6.67. The largest absolute Gasteiger partial charge is 0.367 e. The minimum Gasteiger partial charge on any atom is -0.367 e. The van der Waals surface area contributed by atoms with Crippen LogP contribution in [0.15, 0.2) is 91.6 Å². The summed E-state index contributed by atoms with van der Waals surface area (Å²) in [5.74, 6) is 0.781. The summed E-state index contributed by atoms with van der Waals surface area (Å²) in [4.78, 5) is 27.7. The van der Waals surface area contributed by atoms with Crippen molar-refractivity contribution in [1.82, 2.24) is 20.3 Å². The van der Waals surface area contributed by atoms with Crippen LogP contribution in [0.4, 0.5) is 16.3 Å². The van der Waals surface area contributed by atoms with Gasteiger partial charge in [0, 0.05) is 49.0 Å². The van der Waals surface area contributed by atoms with Crippen molar-refractivity contribution >= 4 is 17.5 Å². The van der Waals surface area contributed by atoms with E-state index in [-0.39, 0.29) is 12.1 Å². The Morgan fingerprint density at radius 3 is 2.38 bits per heavy atom. The zero-order valence-electron chi connectivity index (χ0n) is 22.8. The highest BCUT2D eigenvalue weighted by Crippen LogP contribution is 2.23. The van der Waals surface area contributed by atoms with Gasteiger partial charge in [-0.3, -0.25) is 4.90 Å². The highest BCUT2D eigenvalue weighted by Gasteiger charge is 2.16. The Hall–Kier alpha value is -4.77. The van der Waals surface area contributed by atoms with Crippen LogP contribution >= 0.6 is 0 Å². The molecular formula is C32H35N7O. The predicted octanol–water partition coefficient (Wildman–Crippen LogP) is 6.58. The van der Waals surface area contributed by atoms with E-state index in [0.717, 1.165) is 60.3 Å². The lowest BCUT2D eigenvalue weighted by molar-refractivity contribution is 0.245. The number of nitriles is 1. The molecule has 2 aromatic carbocycles. The van der Waals surface area contributed by atoms with Gasteiger partial charge in [-0.05, 0) is 61.1 Å². The highest BCUT2D eigenvalue weighted by molar-refractivity contribution is 5.92. The molecule has 4 aromatic rings. The van der Waals surface area contributed by atoms with Gasteiger partial charge >= 0.3 is 6.03 Å². The molecular weight excluding hydrogens is 498 g/mol. The van der Waals surface area contributed by atoms with E-state index < -0.39 is 0 Å². The van der Waals surface area contributed by atoms with Crippen molar-refractivity contribution in [3.05, 3.63) is 103 Å². The first kappa shape index (κ1) is 28.2. The van der Waals surface area contributed by atoms with Crippen LogP contribution in [-0.4, -0.2) is 33.6 Å². The van der Waals surface area contributed by atoms with Gasteiger partial charge in [0.05, 0.1) is 5.56 Å². The molecule has 2 aromatic heterocycles. The summed E-state index contributed by atoms with van der Waals surface area (Å²) < 4.78 is 0. The number of carbonyl (C=O) groups excluding carboxylic acids is 1. The Kier molecular flexibility index (Phi) is 10.6. The molecule has 0 saturated carbocycles. The Balaban J connectivity index is 1.39. The monoisotopic (exact) mass is 533 g/mol. The third-order valence-corrected chi connectivity index (χ3v) is 6.67. The molecule has 0 aliphatic carbocycles. The Morgan fingerprint density at radius 2 is 1.70 bits per heavy atom. The number of amides is 2. The molecule has 40 heavy (non-hydrogen) atoms. The molecule has 8 nitrogen and oxygen atoms in total. The van der Waals surface area contributed by atoms with E-state index in [1.165, 1.54) is 6.33 Å². The fraction of sp³-hybridized carbons (Fsp3) is 0.281. The van der Waals surface area contributed by atoms with Crippen LogP contribution < -0.4 is 15.5 Å². The van der Waals surface area contributed by atoms with Crippen LogP contribution in [0.3, 0.4) is 0 Å². The average molecular weight is 534 g/mol. The zero-order valence-corrected chi connectivity index (χ0v) is 22.8. The van der Waals surface area contributed by atoms with E-state index in [1.807, 2.05) is 65.6 Å². The number of rotatable bonds is 13. The number of anilines is 2. The van der Waals surface area contributed by atoms with Crippen LogP contribution in [0.1, 0.15) is 50.2 Å². The summed E-state index contributed by atoms with van der Waals surface area (Å²) in [5, 5.41) is 15.6. The van der Waals surface area contributed by atoms with Crippen LogP contribution in [0.25, 0.3) is 11.1 Å². The van der Waals surface area contributed by atoms with Crippen molar-refractivity contribution in [1.29, 1.82) is 5.26 Å². The van der Waals surface area contributed by atoms with Gasteiger partial charge in [0.15, 0.2) is 0 Å². The molecule has 0 radical (unpaired) electrons. The number of benzene rings is 2. The zero-order chi connectivity index (χ0) is 28.0. The first-order valence-corrected chi connectivity index (χ1v) is 13.7. The first-order chi connectivity index (χ1) is 19.7. The molecule has 1 atom stereocenters. The van der Waals surface area contributed by atoms with E-state index in [9.17, 15) is 4.79 Å². The number of aromatic nitrogens is 3. The first-order valence-electron chi connectivity index (χ1n) is 13.7. The number of urea groups is 1. The van der Waals surface area contributed by atoms with E-state index in [0.29, 0.717) is 18.7 Å². The number of nitrogens with zero attached hydrogens (tertiary/aromatic N) is 5. The quantitative estimate of drug-likeness (QED) is 0.188. The van der Waals surface area contributed by atoms with Crippen LogP contribution in [0.2, 0.25) is 0 Å². The van der Waals surface area contributed by atoms with E-state index in [2.05, 4.69) is 38.6 Å². The Labute approximate surface area is 236 Å². The molecule has 0 aliphatic rings. The number of hydrogen-bond acceptors (Lipinski definition) is 6. The fourth-order valence-electron chi connectivity index (χ4n) is 4.55. The molecule has 0 unspecified atom stereocenters. The van der Waals surface area contributed by atoms with Gasteiger partial charge < -0.3 is 10.6 Å². The topological polar surface area (TPSA) is 107 Å². The minimum atomic E-state index is -0.121. The molecule has 8 heteroatoms. The molecule has 0 saturated heterocycles. The summed E-state index contributed by atoms with van der Waals surface area (Å²) in [5.41, 5.74) is 4.38.